The predicted octanol–water partition coefficient (Wildman–Crippen LogP) is 2.03. The van der Waals surface area contributed by atoms with Gasteiger partial charge in [0.15, 0.2) is 0 Å². The lowest BCUT2D eigenvalue weighted by molar-refractivity contribution is -0.426. The average molecular weight is 193 g/mol. The molecule has 0 aliphatic carbocycles. The summed E-state index contributed by atoms with van der Waals surface area (Å²) in [5.74, 6) is 0.737. The van der Waals surface area contributed by atoms with Crippen molar-refractivity contribution in [1.82, 2.24) is 0 Å². The molecule has 4 nitrogen and oxygen atoms in total. The highest BCUT2D eigenvalue weighted by atomic mass is 16.6. The van der Waals surface area contributed by atoms with Gasteiger partial charge in [0.25, 0.3) is 0 Å². The van der Waals surface area contributed by atoms with Gasteiger partial charge in [-0.05, 0) is 24.3 Å². The van der Waals surface area contributed by atoms with E-state index < -0.39 is 4.92 Å². The summed E-state index contributed by atoms with van der Waals surface area (Å²) < 4.78 is 4.97. The third-order valence-electron chi connectivity index (χ3n) is 1.83. The number of methoxy groups -OCH3 is 1. The smallest absolute Gasteiger partial charge is 0.243 e. The number of benzene rings is 1. The zero-order valence-electron chi connectivity index (χ0n) is 7.90. The number of nitro groups is 1. The molecule has 0 saturated carbocycles. The lowest BCUT2D eigenvalue weighted by Crippen LogP contribution is -2.00. The topological polar surface area (TPSA) is 52.4 Å². The molecular formula is C10H11NO3. The van der Waals surface area contributed by atoms with E-state index in [4.69, 9.17) is 4.74 Å². The molecule has 0 aromatic heterocycles. The normalized spacial score (nSPS) is 9.50. The maximum Gasteiger partial charge on any atom is 0.243 e. The van der Waals surface area contributed by atoms with E-state index in [1.165, 1.54) is 0 Å². The maximum atomic E-state index is 10.3. The van der Waals surface area contributed by atoms with Gasteiger partial charge in [0, 0.05) is 0 Å². The van der Waals surface area contributed by atoms with E-state index in [9.17, 15) is 10.1 Å². The third kappa shape index (κ3) is 2.58. The summed E-state index contributed by atoms with van der Waals surface area (Å²) in [4.78, 5) is 9.84. The van der Waals surface area contributed by atoms with Gasteiger partial charge in [0.1, 0.15) is 5.75 Å². The van der Waals surface area contributed by atoms with Crippen molar-refractivity contribution in [3.8, 4) is 5.75 Å². The minimum Gasteiger partial charge on any atom is -0.497 e. The Balaban J connectivity index is 2.69. The molecular weight excluding hydrogens is 182 g/mol. The SMILES string of the molecule is C=C(Cc1ccc(OC)cc1)[N+](=O)[O-]. The van der Waals surface area contributed by atoms with E-state index in [0.29, 0.717) is 0 Å². The Morgan fingerprint density at radius 3 is 2.50 bits per heavy atom. The lowest BCUT2D eigenvalue weighted by Gasteiger charge is -2.01. The molecule has 0 bridgehead atoms. The molecule has 0 atom stereocenters. The van der Waals surface area contributed by atoms with E-state index in [1.807, 2.05) is 0 Å². The van der Waals surface area contributed by atoms with Crippen LogP contribution in [0.5, 0.6) is 5.75 Å². The monoisotopic (exact) mass is 193 g/mol. The van der Waals surface area contributed by atoms with Gasteiger partial charge >= 0.3 is 0 Å². The molecule has 4 heteroatoms. The first-order chi connectivity index (χ1) is 6.63. The summed E-state index contributed by atoms with van der Waals surface area (Å²) in [6, 6.07) is 7.10. The highest BCUT2D eigenvalue weighted by molar-refractivity contribution is 5.28. The van der Waals surface area contributed by atoms with Crippen molar-refractivity contribution in [1.29, 1.82) is 0 Å². The molecule has 0 radical (unpaired) electrons. The average Bonchev–Trinajstić information content (AvgIpc) is 2.19. The number of nitrogens with zero attached hydrogens (tertiary/aromatic N) is 1. The molecule has 0 fully saturated rings. The summed E-state index contributed by atoms with van der Waals surface area (Å²) in [6.07, 6.45) is 0.261. The Kier molecular flexibility index (Phi) is 3.23. The van der Waals surface area contributed by atoms with Gasteiger partial charge in [-0.2, -0.15) is 0 Å². The van der Waals surface area contributed by atoms with Gasteiger partial charge in [-0.1, -0.05) is 12.1 Å². The molecule has 1 aromatic carbocycles. The molecule has 0 spiro atoms. The van der Waals surface area contributed by atoms with Crippen molar-refractivity contribution in [2.24, 2.45) is 0 Å². The van der Waals surface area contributed by atoms with Crippen LogP contribution in [0.2, 0.25) is 0 Å². The fraction of sp³-hybridized carbons (Fsp3) is 0.200. The molecule has 74 valence electrons. The number of hydrogen-bond acceptors (Lipinski definition) is 3. The van der Waals surface area contributed by atoms with Crippen molar-refractivity contribution < 1.29 is 9.66 Å². The van der Waals surface area contributed by atoms with Gasteiger partial charge in [-0.15, -0.1) is 0 Å². The fourth-order valence-corrected chi connectivity index (χ4v) is 1.04. The van der Waals surface area contributed by atoms with Crippen LogP contribution >= 0.6 is 0 Å². The van der Waals surface area contributed by atoms with E-state index in [-0.39, 0.29) is 12.1 Å². The van der Waals surface area contributed by atoms with Crippen LogP contribution in [0.3, 0.4) is 0 Å². The van der Waals surface area contributed by atoms with E-state index >= 15 is 0 Å². The molecule has 0 N–H and O–H groups in total. The summed E-state index contributed by atoms with van der Waals surface area (Å²) in [5.41, 5.74) is 0.850. The Hall–Kier alpha value is -1.84. The maximum absolute atomic E-state index is 10.3. The first-order valence-electron chi connectivity index (χ1n) is 4.08. The second-order valence-corrected chi connectivity index (χ2v) is 2.85. The molecule has 0 amide bonds. The van der Waals surface area contributed by atoms with Crippen LogP contribution in [0.25, 0.3) is 0 Å². The minimum absolute atomic E-state index is 0.00448. The Morgan fingerprint density at radius 2 is 2.07 bits per heavy atom. The largest absolute Gasteiger partial charge is 0.497 e. The Bertz CT molecular complexity index is 343. The van der Waals surface area contributed by atoms with Crippen molar-refractivity contribution in [3.05, 3.63) is 52.2 Å². The standard InChI is InChI=1S/C10H11NO3/c1-8(11(12)13)7-9-3-5-10(14-2)6-4-9/h3-6H,1,7H2,2H3. The molecule has 14 heavy (non-hydrogen) atoms. The zero-order chi connectivity index (χ0) is 10.6. The van der Waals surface area contributed by atoms with Gasteiger partial charge in [-0.25, -0.2) is 0 Å². The number of ether oxygens (including phenoxy) is 1. The third-order valence-corrected chi connectivity index (χ3v) is 1.83. The molecule has 0 aliphatic heterocycles. The minimum atomic E-state index is -0.468. The molecule has 0 heterocycles. The van der Waals surface area contributed by atoms with Crippen molar-refractivity contribution >= 4 is 0 Å². The van der Waals surface area contributed by atoms with Gasteiger partial charge < -0.3 is 4.74 Å². The van der Waals surface area contributed by atoms with Gasteiger partial charge in [0.05, 0.1) is 18.5 Å². The highest BCUT2D eigenvalue weighted by Crippen LogP contribution is 2.13. The highest BCUT2D eigenvalue weighted by Gasteiger charge is 2.07. The van der Waals surface area contributed by atoms with Crippen LogP contribution in [0.1, 0.15) is 5.56 Å². The van der Waals surface area contributed by atoms with Crippen LogP contribution in [-0.2, 0) is 6.42 Å². The molecule has 1 aromatic rings. The van der Waals surface area contributed by atoms with Crippen LogP contribution in [0, 0.1) is 10.1 Å². The van der Waals surface area contributed by atoms with Crippen LogP contribution in [0.4, 0.5) is 0 Å². The fourth-order valence-electron chi connectivity index (χ4n) is 1.04. The van der Waals surface area contributed by atoms with Gasteiger partial charge in [0.2, 0.25) is 5.70 Å². The summed E-state index contributed by atoms with van der Waals surface area (Å²) in [5, 5.41) is 10.3. The molecule has 1 rings (SSSR count). The summed E-state index contributed by atoms with van der Waals surface area (Å²) in [6.45, 7) is 3.36. The quantitative estimate of drug-likeness (QED) is 0.543. The van der Waals surface area contributed by atoms with Crippen LogP contribution in [-0.4, -0.2) is 12.0 Å². The van der Waals surface area contributed by atoms with Crippen LogP contribution in [0.15, 0.2) is 36.5 Å². The van der Waals surface area contributed by atoms with Crippen LogP contribution < -0.4 is 4.74 Å². The lowest BCUT2D eigenvalue weighted by atomic mass is 10.1. The Morgan fingerprint density at radius 1 is 1.50 bits per heavy atom. The van der Waals surface area contributed by atoms with E-state index in [2.05, 4.69) is 6.58 Å². The predicted molar refractivity (Wildman–Crippen MR) is 52.8 cm³/mol. The van der Waals surface area contributed by atoms with E-state index in [1.54, 1.807) is 31.4 Å². The number of allylic oxidation sites excluding steroid dienone is 1. The second kappa shape index (κ2) is 4.41. The van der Waals surface area contributed by atoms with Crippen molar-refractivity contribution in [2.45, 2.75) is 6.42 Å². The molecule has 0 unspecified atom stereocenters. The van der Waals surface area contributed by atoms with E-state index in [0.717, 1.165) is 11.3 Å². The number of hydrogen-bond donors (Lipinski definition) is 0. The molecule has 0 aliphatic rings. The van der Waals surface area contributed by atoms with Crippen molar-refractivity contribution in [3.63, 3.8) is 0 Å². The first kappa shape index (κ1) is 10.2. The van der Waals surface area contributed by atoms with Crippen molar-refractivity contribution in [2.75, 3.05) is 7.11 Å². The summed E-state index contributed by atoms with van der Waals surface area (Å²) in [7, 11) is 1.57. The number of rotatable bonds is 4. The van der Waals surface area contributed by atoms with Gasteiger partial charge in [-0.3, -0.25) is 10.1 Å². The zero-order valence-corrected chi connectivity index (χ0v) is 7.90. The Labute approximate surface area is 82.0 Å². The first-order valence-corrected chi connectivity index (χ1v) is 4.08. The molecule has 0 saturated heterocycles. The second-order valence-electron chi connectivity index (χ2n) is 2.85. The summed E-state index contributed by atoms with van der Waals surface area (Å²) >= 11 is 0.